The Hall–Kier alpha value is -3.64. The molecular formula is C31H38FN5. The molecule has 1 fully saturated rings. The zero-order chi connectivity index (χ0) is 26.4. The van der Waals surface area contributed by atoms with Gasteiger partial charge in [-0.15, -0.1) is 0 Å². The van der Waals surface area contributed by atoms with Gasteiger partial charge in [0.15, 0.2) is 0 Å². The average molecular weight is 500 g/mol. The quantitative estimate of drug-likeness (QED) is 0.240. The smallest absolute Gasteiger partial charge is 0.128 e. The second kappa shape index (κ2) is 12.1. The van der Waals surface area contributed by atoms with E-state index in [1.54, 1.807) is 18.2 Å². The van der Waals surface area contributed by atoms with Gasteiger partial charge in [0.25, 0.3) is 0 Å². The molecule has 37 heavy (non-hydrogen) atoms. The van der Waals surface area contributed by atoms with E-state index in [-0.39, 0.29) is 5.82 Å². The molecule has 1 aliphatic rings. The summed E-state index contributed by atoms with van der Waals surface area (Å²) in [5.74, 6) is -0.251. The Morgan fingerprint density at radius 2 is 1.62 bits per heavy atom. The average Bonchev–Trinajstić information content (AvgIpc) is 2.93. The highest BCUT2D eigenvalue weighted by atomic mass is 19.1. The number of piperazine rings is 1. The van der Waals surface area contributed by atoms with E-state index in [0.29, 0.717) is 40.8 Å². The minimum atomic E-state index is -0.251. The van der Waals surface area contributed by atoms with Crippen LogP contribution in [0, 0.1) is 11.2 Å². The molecule has 6 heteroatoms. The Morgan fingerprint density at radius 1 is 0.973 bits per heavy atom. The fraction of sp³-hybridized carbons (Fsp3) is 0.323. The molecular weight excluding hydrogens is 461 g/mol. The summed E-state index contributed by atoms with van der Waals surface area (Å²) in [6.07, 6.45) is 2.40. The summed E-state index contributed by atoms with van der Waals surface area (Å²) in [7, 11) is 0. The first kappa shape index (κ1) is 26.4. The molecule has 3 aromatic rings. The molecule has 0 amide bonds. The Kier molecular flexibility index (Phi) is 8.62. The van der Waals surface area contributed by atoms with Crippen LogP contribution in [0.1, 0.15) is 48.9 Å². The molecule has 194 valence electrons. The lowest BCUT2D eigenvalue weighted by Crippen LogP contribution is -2.50. The third-order valence-corrected chi connectivity index (χ3v) is 7.42. The molecule has 1 saturated heterocycles. The van der Waals surface area contributed by atoms with Gasteiger partial charge in [-0.2, -0.15) is 0 Å². The molecule has 1 heterocycles. The molecule has 0 radical (unpaired) electrons. The molecule has 0 saturated carbocycles. The van der Waals surface area contributed by atoms with Crippen molar-refractivity contribution < 1.29 is 4.39 Å². The van der Waals surface area contributed by atoms with Gasteiger partial charge in [-0.3, -0.25) is 10.3 Å². The summed E-state index contributed by atoms with van der Waals surface area (Å²) in [5, 5.41) is 12.0. The Balaban J connectivity index is 1.41. The standard InChI is InChI=1S/C31H38FN5/c1-4-26(5-2)36-16-18-37(19-17-36)27-13-10-23(11-14-27)31(34)28-20-24(12-15-30(28)33)22(3)35-21-25-8-6-7-9-29(25)32/h6-15,20,26,34-35H,3-5,16-19,21,33H2,1-2H3. The van der Waals surface area contributed by atoms with Crippen LogP contribution in [0.25, 0.3) is 5.70 Å². The van der Waals surface area contributed by atoms with Crippen molar-refractivity contribution in [3.63, 3.8) is 0 Å². The number of nitrogens with zero attached hydrogens (tertiary/aromatic N) is 2. The van der Waals surface area contributed by atoms with Crippen LogP contribution in [-0.4, -0.2) is 42.8 Å². The van der Waals surface area contributed by atoms with Gasteiger partial charge >= 0.3 is 0 Å². The predicted molar refractivity (Wildman–Crippen MR) is 154 cm³/mol. The lowest BCUT2D eigenvalue weighted by atomic mass is 9.97. The molecule has 4 rings (SSSR count). The van der Waals surface area contributed by atoms with E-state index < -0.39 is 0 Å². The van der Waals surface area contributed by atoms with Crippen molar-refractivity contribution >= 4 is 22.8 Å². The maximum Gasteiger partial charge on any atom is 0.128 e. The summed E-state index contributed by atoms with van der Waals surface area (Å²) >= 11 is 0. The summed E-state index contributed by atoms with van der Waals surface area (Å²) in [4.78, 5) is 5.03. The molecule has 0 atom stereocenters. The van der Waals surface area contributed by atoms with Gasteiger partial charge in [-0.1, -0.05) is 56.8 Å². The maximum atomic E-state index is 14.0. The van der Waals surface area contributed by atoms with Gasteiger partial charge < -0.3 is 16.0 Å². The van der Waals surface area contributed by atoms with Crippen LogP contribution in [-0.2, 0) is 6.54 Å². The largest absolute Gasteiger partial charge is 0.398 e. The SMILES string of the molecule is C=C(NCc1ccccc1F)c1ccc(N)c(C(=N)c2ccc(N3CCN(C(CC)CC)CC3)cc2)c1. The van der Waals surface area contributed by atoms with Crippen LogP contribution in [0.3, 0.4) is 0 Å². The summed E-state index contributed by atoms with van der Waals surface area (Å²) in [6.45, 7) is 13.2. The van der Waals surface area contributed by atoms with Gasteiger partial charge in [0, 0.05) is 72.5 Å². The van der Waals surface area contributed by atoms with Crippen molar-refractivity contribution in [1.82, 2.24) is 10.2 Å². The Morgan fingerprint density at radius 3 is 2.27 bits per heavy atom. The third kappa shape index (κ3) is 6.20. The monoisotopic (exact) mass is 499 g/mol. The minimum absolute atomic E-state index is 0.251. The van der Waals surface area contributed by atoms with Crippen molar-refractivity contribution in [2.45, 2.75) is 39.3 Å². The first-order valence-electron chi connectivity index (χ1n) is 13.2. The zero-order valence-electron chi connectivity index (χ0n) is 21.9. The number of nitrogen functional groups attached to an aromatic ring is 1. The normalized spacial score (nSPS) is 14.1. The van der Waals surface area contributed by atoms with E-state index >= 15 is 0 Å². The fourth-order valence-electron chi connectivity index (χ4n) is 5.05. The van der Waals surface area contributed by atoms with Gasteiger partial charge in [-0.05, 0) is 48.7 Å². The van der Waals surface area contributed by atoms with E-state index in [2.05, 4.69) is 47.7 Å². The first-order valence-corrected chi connectivity index (χ1v) is 13.2. The van der Waals surface area contributed by atoms with Crippen molar-refractivity contribution in [2.24, 2.45) is 0 Å². The predicted octanol–water partition coefficient (Wildman–Crippen LogP) is 5.90. The summed E-state index contributed by atoms with van der Waals surface area (Å²) < 4.78 is 14.0. The molecule has 0 spiro atoms. The van der Waals surface area contributed by atoms with Gasteiger partial charge in [0.05, 0.1) is 5.71 Å². The Bertz CT molecular complexity index is 1220. The van der Waals surface area contributed by atoms with Crippen LogP contribution in [0.4, 0.5) is 15.8 Å². The third-order valence-electron chi connectivity index (χ3n) is 7.42. The molecule has 0 unspecified atom stereocenters. The number of hydrogen-bond acceptors (Lipinski definition) is 5. The number of halogens is 1. The van der Waals surface area contributed by atoms with Gasteiger partial charge in [0.1, 0.15) is 5.82 Å². The van der Waals surface area contributed by atoms with Gasteiger partial charge in [0.2, 0.25) is 0 Å². The second-order valence-electron chi connectivity index (χ2n) is 9.64. The van der Waals surface area contributed by atoms with Crippen molar-refractivity contribution in [1.29, 1.82) is 5.41 Å². The van der Waals surface area contributed by atoms with E-state index in [4.69, 9.17) is 11.1 Å². The summed E-state index contributed by atoms with van der Waals surface area (Å²) in [5.41, 5.74) is 11.9. The molecule has 3 aromatic carbocycles. The minimum Gasteiger partial charge on any atom is -0.398 e. The van der Waals surface area contributed by atoms with Crippen LogP contribution in [0.2, 0.25) is 0 Å². The van der Waals surface area contributed by atoms with Crippen molar-refractivity contribution in [3.05, 3.63) is 101 Å². The Labute approximate surface area is 220 Å². The molecule has 5 nitrogen and oxygen atoms in total. The lowest BCUT2D eigenvalue weighted by Gasteiger charge is -2.39. The van der Waals surface area contributed by atoms with Gasteiger partial charge in [-0.25, -0.2) is 4.39 Å². The number of nitrogens with two attached hydrogens (primary N) is 1. The molecule has 0 bridgehead atoms. The number of anilines is 2. The van der Waals surface area contributed by atoms with E-state index in [9.17, 15) is 4.39 Å². The van der Waals surface area contributed by atoms with E-state index in [1.807, 2.05) is 30.3 Å². The van der Waals surface area contributed by atoms with Crippen LogP contribution in [0.15, 0.2) is 73.3 Å². The first-order chi connectivity index (χ1) is 17.9. The maximum absolute atomic E-state index is 14.0. The highest BCUT2D eigenvalue weighted by Gasteiger charge is 2.22. The molecule has 0 aromatic heterocycles. The molecule has 1 aliphatic heterocycles. The van der Waals surface area contributed by atoms with Crippen LogP contribution >= 0.6 is 0 Å². The van der Waals surface area contributed by atoms with E-state index in [1.165, 1.54) is 24.6 Å². The highest BCUT2D eigenvalue weighted by molar-refractivity contribution is 6.14. The lowest BCUT2D eigenvalue weighted by molar-refractivity contribution is 0.175. The van der Waals surface area contributed by atoms with Crippen molar-refractivity contribution in [3.8, 4) is 0 Å². The second-order valence-corrected chi connectivity index (χ2v) is 9.64. The van der Waals surface area contributed by atoms with Crippen LogP contribution < -0.4 is 16.0 Å². The zero-order valence-corrected chi connectivity index (χ0v) is 21.9. The van der Waals surface area contributed by atoms with E-state index in [0.717, 1.165) is 37.3 Å². The summed E-state index contributed by atoms with van der Waals surface area (Å²) in [6, 6.07) is 21.1. The molecule has 4 N–H and O–H groups in total. The highest BCUT2D eigenvalue weighted by Crippen LogP contribution is 2.24. The number of hydrogen-bond donors (Lipinski definition) is 3. The fourth-order valence-corrected chi connectivity index (χ4v) is 5.05. The number of nitrogens with one attached hydrogen (secondary N) is 2. The molecule has 0 aliphatic carbocycles. The topological polar surface area (TPSA) is 68.4 Å². The van der Waals surface area contributed by atoms with Crippen molar-refractivity contribution in [2.75, 3.05) is 36.8 Å². The number of rotatable bonds is 10. The number of benzene rings is 3. The van der Waals surface area contributed by atoms with Crippen LogP contribution in [0.5, 0.6) is 0 Å².